The van der Waals surface area contributed by atoms with Crippen LogP contribution in [0.1, 0.15) is 13.3 Å². The molecule has 32 heavy (non-hydrogen) atoms. The van der Waals surface area contributed by atoms with Gasteiger partial charge in [-0.2, -0.15) is 0 Å². The Morgan fingerprint density at radius 1 is 1.19 bits per heavy atom. The van der Waals surface area contributed by atoms with Crippen molar-refractivity contribution in [1.82, 2.24) is 10.2 Å². The first-order chi connectivity index (χ1) is 15.3. The van der Waals surface area contributed by atoms with Crippen LogP contribution >= 0.6 is 23.1 Å². The summed E-state index contributed by atoms with van der Waals surface area (Å²) in [4.78, 5) is 23.2. The van der Waals surface area contributed by atoms with E-state index in [9.17, 15) is 23.3 Å². The van der Waals surface area contributed by atoms with Gasteiger partial charge in [0.1, 0.15) is 6.54 Å². The van der Waals surface area contributed by atoms with E-state index in [0.29, 0.717) is 4.34 Å². The lowest BCUT2D eigenvalue weighted by Gasteiger charge is -2.23. The van der Waals surface area contributed by atoms with Gasteiger partial charge in [0, 0.05) is 17.9 Å². The Kier molecular flexibility index (Phi) is 7.77. The van der Waals surface area contributed by atoms with Gasteiger partial charge in [-0.25, -0.2) is 8.42 Å². The average Bonchev–Trinajstić information content (AvgIpc) is 3.23. The van der Waals surface area contributed by atoms with Crippen LogP contribution in [0, 0.1) is 10.1 Å². The molecule has 168 valence electrons. The van der Waals surface area contributed by atoms with Crippen LogP contribution in [0.15, 0.2) is 63.8 Å². The largest absolute Gasteiger partial charge is 0.299 e. The predicted octanol–water partition coefficient (Wildman–Crippen LogP) is 3.78. The van der Waals surface area contributed by atoms with Gasteiger partial charge in [0.05, 0.1) is 15.5 Å². The molecule has 0 fully saturated rings. The van der Waals surface area contributed by atoms with Crippen LogP contribution in [0.3, 0.4) is 0 Å². The number of carbonyl (C=O) groups excluding carboxylic acids is 1. The summed E-state index contributed by atoms with van der Waals surface area (Å²) in [7, 11) is -4.18. The molecule has 0 bridgehead atoms. The maximum atomic E-state index is 13.3. The Morgan fingerprint density at radius 3 is 2.62 bits per heavy atom. The highest BCUT2D eigenvalue weighted by Gasteiger charge is 2.28. The summed E-state index contributed by atoms with van der Waals surface area (Å²) < 4.78 is 28.1. The quantitative estimate of drug-likeness (QED) is 0.195. The summed E-state index contributed by atoms with van der Waals surface area (Å²) in [6.07, 6.45) is 0.960. The summed E-state index contributed by atoms with van der Waals surface area (Å²) >= 11 is 2.69. The second-order valence-electron chi connectivity index (χ2n) is 6.37. The molecular formula is C19H19N5O5S3. The minimum Gasteiger partial charge on any atom is -0.299 e. The highest BCUT2D eigenvalue weighted by molar-refractivity contribution is 8.01. The van der Waals surface area contributed by atoms with E-state index < -0.39 is 27.4 Å². The number of anilines is 2. The summed E-state index contributed by atoms with van der Waals surface area (Å²) in [6.45, 7) is 1.43. The summed E-state index contributed by atoms with van der Waals surface area (Å²) in [5.41, 5.74) is -0.299. The molecule has 1 N–H and O–H groups in total. The van der Waals surface area contributed by atoms with Gasteiger partial charge >= 0.3 is 0 Å². The number of rotatable bonds is 10. The van der Waals surface area contributed by atoms with Crippen molar-refractivity contribution in [3.05, 3.63) is 64.7 Å². The number of sulfonamides is 1. The third kappa shape index (κ3) is 5.81. The van der Waals surface area contributed by atoms with Crippen molar-refractivity contribution in [3.8, 4) is 0 Å². The number of amides is 1. The molecule has 1 heterocycles. The molecule has 3 aromatic rings. The van der Waals surface area contributed by atoms with E-state index in [1.54, 1.807) is 18.2 Å². The average molecular weight is 494 g/mol. The van der Waals surface area contributed by atoms with Gasteiger partial charge in [-0.05, 0) is 24.6 Å². The topological polar surface area (TPSA) is 135 Å². The number of benzene rings is 2. The molecule has 0 aliphatic heterocycles. The Bertz CT molecular complexity index is 1200. The summed E-state index contributed by atoms with van der Waals surface area (Å²) in [5.74, 6) is 0.206. The van der Waals surface area contributed by atoms with E-state index in [-0.39, 0.29) is 21.4 Å². The molecule has 1 aromatic heterocycles. The second kappa shape index (κ2) is 10.5. The Morgan fingerprint density at radius 2 is 1.94 bits per heavy atom. The zero-order valence-corrected chi connectivity index (χ0v) is 19.3. The monoisotopic (exact) mass is 493 g/mol. The van der Waals surface area contributed by atoms with E-state index in [4.69, 9.17) is 0 Å². The number of nitro groups is 1. The molecule has 0 aliphatic carbocycles. The van der Waals surface area contributed by atoms with Gasteiger partial charge in [-0.15, -0.1) is 10.2 Å². The van der Waals surface area contributed by atoms with Gasteiger partial charge in [0.2, 0.25) is 11.0 Å². The Labute approximate surface area is 192 Å². The lowest BCUT2D eigenvalue weighted by molar-refractivity contribution is -0.384. The lowest BCUT2D eigenvalue weighted by Crippen LogP contribution is -2.38. The maximum absolute atomic E-state index is 13.3. The van der Waals surface area contributed by atoms with Crippen molar-refractivity contribution in [2.45, 2.75) is 22.6 Å². The van der Waals surface area contributed by atoms with Crippen molar-refractivity contribution in [3.63, 3.8) is 0 Å². The van der Waals surface area contributed by atoms with Crippen molar-refractivity contribution in [2.24, 2.45) is 0 Å². The summed E-state index contributed by atoms with van der Waals surface area (Å²) in [6, 6.07) is 12.6. The standard InChI is InChI=1S/C19H19N5O5S3/c1-2-11-30-19-22-21-18(31-19)20-17(25)13-23(14-7-6-8-15(12-14)24(26)27)32(28,29)16-9-4-3-5-10-16/h3-10,12H,2,11,13H2,1H3,(H,20,21,25). The van der Waals surface area contributed by atoms with Gasteiger partial charge in [0.15, 0.2) is 4.34 Å². The third-order valence-corrected chi connectivity index (χ3v) is 8.00. The minimum absolute atomic E-state index is 0.00495. The van der Waals surface area contributed by atoms with Crippen LogP contribution in [-0.4, -0.2) is 41.7 Å². The second-order valence-corrected chi connectivity index (χ2v) is 10.6. The summed E-state index contributed by atoms with van der Waals surface area (Å²) in [5, 5.41) is 21.9. The first-order valence-electron chi connectivity index (χ1n) is 9.39. The molecule has 0 unspecified atom stereocenters. The fraction of sp³-hybridized carbons (Fsp3) is 0.211. The fourth-order valence-electron chi connectivity index (χ4n) is 2.59. The molecule has 1 amide bonds. The highest BCUT2D eigenvalue weighted by atomic mass is 32.2. The minimum atomic E-state index is -4.18. The van der Waals surface area contributed by atoms with Crippen LogP contribution in [-0.2, 0) is 14.8 Å². The first-order valence-corrected chi connectivity index (χ1v) is 12.6. The van der Waals surface area contributed by atoms with Crippen LogP contribution in [0.2, 0.25) is 0 Å². The number of thioether (sulfide) groups is 1. The van der Waals surface area contributed by atoms with Gasteiger partial charge in [-0.1, -0.05) is 54.3 Å². The van der Waals surface area contributed by atoms with Gasteiger partial charge in [-0.3, -0.25) is 24.5 Å². The molecule has 0 aliphatic rings. The number of nitrogens with one attached hydrogen (secondary N) is 1. The third-order valence-electron chi connectivity index (χ3n) is 4.03. The molecule has 13 heteroatoms. The molecule has 2 aromatic carbocycles. The molecule has 0 saturated carbocycles. The van der Waals surface area contributed by atoms with Crippen molar-refractivity contribution in [1.29, 1.82) is 0 Å². The molecule has 0 radical (unpaired) electrons. The van der Waals surface area contributed by atoms with Gasteiger partial charge < -0.3 is 0 Å². The fourth-order valence-corrected chi connectivity index (χ4v) is 5.72. The maximum Gasteiger partial charge on any atom is 0.271 e. The number of aromatic nitrogens is 2. The molecular weight excluding hydrogens is 474 g/mol. The predicted molar refractivity (Wildman–Crippen MR) is 124 cm³/mol. The van der Waals surface area contributed by atoms with Crippen molar-refractivity contribution in [2.75, 3.05) is 21.9 Å². The number of non-ortho nitro benzene ring substituents is 1. The molecule has 10 nitrogen and oxygen atoms in total. The Balaban J connectivity index is 1.89. The van der Waals surface area contributed by atoms with Crippen LogP contribution in [0.25, 0.3) is 0 Å². The molecule has 0 atom stereocenters. The smallest absolute Gasteiger partial charge is 0.271 e. The van der Waals surface area contributed by atoms with Crippen LogP contribution in [0.4, 0.5) is 16.5 Å². The normalized spacial score (nSPS) is 11.2. The lowest BCUT2D eigenvalue weighted by atomic mass is 10.3. The number of hydrogen-bond donors (Lipinski definition) is 1. The van der Waals surface area contributed by atoms with Gasteiger partial charge in [0.25, 0.3) is 15.7 Å². The number of hydrogen-bond acceptors (Lipinski definition) is 9. The SMILES string of the molecule is CCCSc1nnc(NC(=O)CN(c2cccc([N+](=O)[O-])c2)S(=O)(=O)c2ccccc2)s1. The van der Waals surface area contributed by atoms with Crippen LogP contribution in [0.5, 0.6) is 0 Å². The van der Waals surface area contributed by atoms with E-state index in [2.05, 4.69) is 15.5 Å². The van der Waals surface area contributed by atoms with E-state index in [1.165, 1.54) is 53.4 Å². The van der Waals surface area contributed by atoms with E-state index >= 15 is 0 Å². The molecule has 3 rings (SSSR count). The number of carbonyl (C=O) groups is 1. The van der Waals surface area contributed by atoms with Crippen LogP contribution < -0.4 is 9.62 Å². The molecule has 0 spiro atoms. The molecule has 0 saturated heterocycles. The van der Waals surface area contributed by atoms with Crippen molar-refractivity contribution < 1.29 is 18.1 Å². The number of nitrogens with zero attached hydrogens (tertiary/aromatic N) is 4. The number of nitro benzene ring substituents is 1. The highest BCUT2D eigenvalue weighted by Crippen LogP contribution is 2.28. The van der Waals surface area contributed by atoms with Crippen molar-refractivity contribution >= 4 is 55.5 Å². The Hall–Kier alpha value is -3.03. The zero-order valence-electron chi connectivity index (χ0n) is 16.9. The van der Waals surface area contributed by atoms with E-state index in [0.717, 1.165) is 22.5 Å². The first kappa shape index (κ1) is 23.6. The van der Waals surface area contributed by atoms with E-state index in [1.807, 2.05) is 6.92 Å². The zero-order chi connectivity index (χ0) is 23.1.